The van der Waals surface area contributed by atoms with Crippen LogP contribution in [0.2, 0.25) is 0 Å². The normalized spacial score (nSPS) is 12.3. The maximum absolute atomic E-state index is 12.4. The zero-order valence-corrected chi connectivity index (χ0v) is 19.0. The summed E-state index contributed by atoms with van der Waals surface area (Å²) in [5.74, 6) is -0.210. The third-order valence-corrected chi connectivity index (χ3v) is 5.24. The van der Waals surface area contributed by atoms with E-state index in [0.29, 0.717) is 11.5 Å². The van der Waals surface area contributed by atoms with Gasteiger partial charge < -0.3 is 9.47 Å². The van der Waals surface area contributed by atoms with Crippen molar-refractivity contribution < 1.29 is 27.4 Å². The van der Waals surface area contributed by atoms with E-state index < -0.39 is 6.36 Å². The summed E-state index contributed by atoms with van der Waals surface area (Å²) in [5.41, 5.74) is 4.12. The van der Waals surface area contributed by atoms with Gasteiger partial charge in [-0.1, -0.05) is 54.1 Å². The van der Waals surface area contributed by atoms with Crippen molar-refractivity contribution in [1.82, 2.24) is 14.8 Å². The molecule has 4 aromatic rings. The molecule has 0 N–H and O–H groups in total. The first kappa shape index (κ1) is 24.0. The number of aromatic nitrogens is 3. The highest BCUT2D eigenvalue weighted by molar-refractivity contribution is 5.73. The number of benzene rings is 3. The minimum atomic E-state index is -4.75. The van der Waals surface area contributed by atoms with Gasteiger partial charge in [0.1, 0.15) is 18.2 Å². The maximum atomic E-state index is 12.4. The van der Waals surface area contributed by atoms with Gasteiger partial charge in [0.2, 0.25) is 0 Å². The first-order chi connectivity index (χ1) is 16.7. The van der Waals surface area contributed by atoms with E-state index in [9.17, 15) is 18.0 Å². The second-order valence-electron chi connectivity index (χ2n) is 7.97. The molecule has 3 aromatic carbocycles. The van der Waals surface area contributed by atoms with Gasteiger partial charge in [-0.25, -0.2) is 9.67 Å². The van der Waals surface area contributed by atoms with Crippen LogP contribution >= 0.6 is 0 Å². The highest BCUT2D eigenvalue weighted by Crippen LogP contribution is 2.24. The molecule has 9 heteroatoms. The molecule has 1 atom stereocenters. The number of hydrogen-bond donors (Lipinski definition) is 0. The number of nitrogens with zero attached hydrogens (tertiary/aromatic N) is 3. The average Bonchev–Trinajstić information content (AvgIpc) is 3.29. The van der Waals surface area contributed by atoms with Crippen LogP contribution < -0.4 is 4.74 Å². The molecule has 180 valence electrons. The van der Waals surface area contributed by atoms with Crippen LogP contribution in [-0.4, -0.2) is 27.1 Å². The van der Waals surface area contributed by atoms with Gasteiger partial charge >= 0.3 is 12.3 Å². The van der Waals surface area contributed by atoms with Crippen LogP contribution in [0.25, 0.3) is 17.1 Å². The smallest absolute Gasteiger partial charge is 0.458 e. The highest BCUT2D eigenvalue weighted by atomic mass is 19.4. The summed E-state index contributed by atoms with van der Waals surface area (Å²) in [6.45, 7) is 3.84. The standard InChI is InChI=1S/C26H22F3N3O3/c1-17-3-7-20(8-4-17)18(2)34-24(33)15-19-5-9-21(10-6-19)25-30-16-32(31-25)22-11-13-23(14-12-22)35-26(27,28)29/h3-14,16,18H,15H2,1-2H3. The van der Waals surface area contributed by atoms with Gasteiger partial charge in [0.05, 0.1) is 12.1 Å². The lowest BCUT2D eigenvalue weighted by Gasteiger charge is -2.14. The van der Waals surface area contributed by atoms with Crippen LogP contribution in [0.5, 0.6) is 5.75 Å². The van der Waals surface area contributed by atoms with E-state index in [1.807, 2.05) is 38.1 Å². The van der Waals surface area contributed by atoms with E-state index >= 15 is 0 Å². The first-order valence-electron chi connectivity index (χ1n) is 10.8. The van der Waals surface area contributed by atoms with Gasteiger partial charge in [-0.3, -0.25) is 4.79 Å². The second-order valence-corrected chi connectivity index (χ2v) is 7.97. The summed E-state index contributed by atoms with van der Waals surface area (Å²) in [6, 6.07) is 20.4. The molecule has 0 radical (unpaired) electrons. The zero-order valence-electron chi connectivity index (χ0n) is 19.0. The fourth-order valence-electron chi connectivity index (χ4n) is 3.40. The molecule has 0 aliphatic heterocycles. The van der Waals surface area contributed by atoms with Gasteiger partial charge in [0.25, 0.3) is 0 Å². The summed E-state index contributed by atoms with van der Waals surface area (Å²) in [7, 11) is 0. The molecule has 35 heavy (non-hydrogen) atoms. The van der Waals surface area contributed by atoms with E-state index in [0.717, 1.165) is 22.3 Å². The van der Waals surface area contributed by atoms with Gasteiger partial charge in [0.15, 0.2) is 5.82 Å². The van der Waals surface area contributed by atoms with E-state index in [1.54, 1.807) is 24.3 Å². The molecule has 0 bridgehead atoms. The Bertz CT molecular complexity index is 1280. The van der Waals surface area contributed by atoms with Gasteiger partial charge in [0, 0.05) is 5.56 Å². The predicted octanol–water partition coefficient (Wildman–Crippen LogP) is 5.99. The molecule has 0 saturated heterocycles. The van der Waals surface area contributed by atoms with E-state index in [-0.39, 0.29) is 24.2 Å². The molecule has 0 spiro atoms. The molecular weight excluding hydrogens is 459 g/mol. The van der Waals surface area contributed by atoms with Crippen molar-refractivity contribution in [3.8, 4) is 22.8 Å². The van der Waals surface area contributed by atoms with Gasteiger partial charge in [-0.2, -0.15) is 0 Å². The molecule has 0 aliphatic carbocycles. The molecule has 6 nitrogen and oxygen atoms in total. The summed E-state index contributed by atoms with van der Waals surface area (Å²) in [4.78, 5) is 16.6. The fourth-order valence-corrected chi connectivity index (χ4v) is 3.40. The lowest BCUT2D eigenvalue weighted by molar-refractivity contribution is -0.274. The summed E-state index contributed by atoms with van der Waals surface area (Å²) < 4.78 is 47.8. The quantitative estimate of drug-likeness (QED) is 0.304. The molecule has 0 amide bonds. The highest BCUT2D eigenvalue weighted by Gasteiger charge is 2.31. The number of alkyl halides is 3. The fraction of sp³-hybridized carbons (Fsp3) is 0.192. The molecule has 1 heterocycles. The Labute approximate surface area is 200 Å². The number of halogens is 3. The lowest BCUT2D eigenvalue weighted by atomic mass is 10.1. The number of carbonyl (C=O) groups excluding carboxylic acids is 1. The molecule has 1 unspecified atom stereocenters. The van der Waals surface area contributed by atoms with Crippen molar-refractivity contribution in [2.24, 2.45) is 0 Å². The zero-order chi connectivity index (χ0) is 25.0. The van der Waals surface area contributed by atoms with Crippen molar-refractivity contribution in [3.63, 3.8) is 0 Å². The van der Waals surface area contributed by atoms with E-state index in [4.69, 9.17) is 4.74 Å². The average molecular weight is 481 g/mol. The number of carbonyl (C=O) groups is 1. The molecule has 0 saturated carbocycles. The van der Waals surface area contributed by atoms with E-state index in [1.165, 1.54) is 35.3 Å². The van der Waals surface area contributed by atoms with Gasteiger partial charge in [-0.15, -0.1) is 18.3 Å². The number of ether oxygens (including phenoxy) is 2. The minimum absolute atomic E-state index is 0.130. The molecule has 0 aliphatic rings. The Morgan fingerprint density at radius 1 is 0.971 bits per heavy atom. The SMILES string of the molecule is Cc1ccc(C(C)OC(=O)Cc2ccc(-c3ncn(-c4ccc(OC(F)(F)F)cc4)n3)cc2)cc1. The number of aryl methyl sites for hydroxylation is 1. The Morgan fingerprint density at radius 3 is 2.26 bits per heavy atom. The van der Waals surface area contributed by atoms with Crippen molar-refractivity contribution in [2.75, 3.05) is 0 Å². The monoisotopic (exact) mass is 481 g/mol. The number of rotatable bonds is 7. The van der Waals surface area contributed by atoms with Crippen molar-refractivity contribution in [1.29, 1.82) is 0 Å². The Morgan fingerprint density at radius 2 is 1.63 bits per heavy atom. The van der Waals surface area contributed by atoms with Crippen LogP contribution in [0.15, 0.2) is 79.1 Å². The lowest BCUT2D eigenvalue weighted by Crippen LogP contribution is -2.17. The third kappa shape index (κ3) is 6.47. The maximum Gasteiger partial charge on any atom is 0.573 e. The Balaban J connectivity index is 1.37. The topological polar surface area (TPSA) is 66.2 Å². The van der Waals surface area contributed by atoms with Crippen molar-refractivity contribution in [2.45, 2.75) is 32.7 Å². The van der Waals surface area contributed by atoms with Crippen LogP contribution in [0.1, 0.15) is 29.7 Å². The summed E-state index contributed by atoms with van der Waals surface area (Å²) in [6.07, 6.45) is -3.49. The number of esters is 1. The first-order valence-corrected chi connectivity index (χ1v) is 10.8. The van der Waals surface area contributed by atoms with Crippen molar-refractivity contribution >= 4 is 5.97 Å². The number of hydrogen-bond acceptors (Lipinski definition) is 5. The van der Waals surface area contributed by atoms with Crippen LogP contribution in [-0.2, 0) is 16.0 Å². The van der Waals surface area contributed by atoms with Gasteiger partial charge in [-0.05, 0) is 49.2 Å². The van der Waals surface area contributed by atoms with E-state index in [2.05, 4.69) is 14.8 Å². The van der Waals surface area contributed by atoms with Crippen LogP contribution in [0.4, 0.5) is 13.2 Å². The van der Waals surface area contributed by atoms with Crippen LogP contribution in [0, 0.1) is 6.92 Å². The predicted molar refractivity (Wildman–Crippen MR) is 123 cm³/mol. The minimum Gasteiger partial charge on any atom is -0.458 e. The van der Waals surface area contributed by atoms with Crippen molar-refractivity contribution in [3.05, 3.63) is 95.8 Å². The molecule has 1 aromatic heterocycles. The Hall–Kier alpha value is -4.14. The summed E-state index contributed by atoms with van der Waals surface area (Å²) in [5, 5.41) is 4.38. The molecule has 4 rings (SSSR count). The largest absolute Gasteiger partial charge is 0.573 e. The second kappa shape index (κ2) is 10.0. The summed E-state index contributed by atoms with van der Waals surface area (Å²) >= 11 is 0. The third-order valence-electron chi connectivity index (χ3n) is 5.24. The van der Waals surface area contributed by atoms with Crippen LogP contribution in [0.3, 0.4) is 0 Å². The Kier molecular flexibility index (Phi) is 6.86. The molecular formula is C26H22F3N3O3. The molecule has 0 fully saturated rings.